The highest BCUT2D eigenvalue weighted by Crippen LogP contribution is 2.30. The normalized spacial score (nSPS) is 16.0. The van der Waals surface area contributed by atoms with Gasteiger partial charge in [0, 0.05) is 37.3 Å². The zero-order chi connectivity index (χ0) is 21.6. The van der Waals surface area contributed by atoms with Gasteiger partial charge in [-0.3, -0.25) is 0 Å². The average molecular weight is 436 g/mol. The van der Waals surface area contributed by atoms with Gasteiger partial charge in [-0.05, 0) is 44.2 Å². The first-order chi connectivity index (χ1) is 14.2. The average Bonchev–Trinajstić information content (AvgIpc) is 3.16. The molecule has 0 radical (unpaired) electrons. The maximum absolute atomic E-state index is 14.4. The molecule has 0 saturated carbocycles. The second kappa shape index (κ2) is 7.51. The van der Waals surface area contributed by atoms with Crippen LogP contribution in [0.2, 0.25) is 0 Å². The third-order valence-corrected chi connectivity index (χ3v) is 7.65. The molecule has 0 bridgehead atoms. The van der Waals surface area contributed by atoms with Crippen molar-refractivity contribution < 1.29 is 22.3 Å². The van der Waals surface area contributed by atoms with E-state index in [-0.39, 0.29) is 10.9 Å². The van der Waals surface area contributed by atoms with E-state index in [2.05, 4.69) is 10.00 Å². The SMILES string of the molecule is CC(C)S(=O)(=O)N1CCN(c2ccc(-n3ncc4cc(F)c(O)c(F)c43)cc2)CC1. The Morgan fingerprint density at radius 2 is 1.63 bits per heavy atom. The second-order valence-corrected chi connectivity index (χ2v) is 10.0. The monoisotopic (exact) mass is 436 g/mol. The Balaban J connectivity index is 1.55. The maximum atomic E-state index is 14.4. The van der Waals surface area contributed by atoms with Crippen LogP contribution < -0.4 is 4.90 Å². The Kier molecular flexibility index (Phi) is 5.15. The van der Waals surface area contributed by atoms with Crippen LogP contribution in [0.4, 0.5) is 14.5 Å². The fourth-order valence-electron chi connectivity index (χ4n) is 3.61. The van der Waals surface area contributed by atoms with E-state index in [9.17, 15) is 22.3 Å². The summed E-state index contributed by atoms with van der Waals surface area (Å²) in [6, 6.07) is 8.22. The molecule has 7 nitrogen and oxygen atoms in total. The Hall–Kier alpha value is -2.72. The Morgan fingerprint density at radius 3 is 2.23 bits per heavy atom. The number of anilines is 1. The van der Waals surface area contributed by atoms with Crippen LogP contribution in [0.3, 0.4) is 0 Å². The van der Waals surface area contributed by atoms with Crippen molar-refractivity contribution in [2.45, 2.75) is 19.1 Å². The van der Waals surface area contributed by atoms with Gasteiger partial charge in [0.1, 0.15) is 5.52 Å². The van der Waals surface area contributed by atoms with Crippen LogP contribution in [-0.4, -0.2) is 59.0 Å². The fourth-order valence-corrected chi connectivity index (χ4v) is 4.88. The van der Waals surface area contributed by atoms with Crippen molar-refractivity contribution in [3.05, 3.63) is 48.2 Å². The maximum Gasteiger partial charge on any atom is 0.216 e. The minimum Gasteiger partial charge on any atom is -0.503 e. The molecule has 0 spiro atoms. The Labute approximate surface area is 173 Å². The van der Waals surface area contributed by atoms with Gasteiger partial charge >= 0.3 is 0 Å². The van der Waals surface area contributed by atoms with Gasteiger partial charge in [0.05, 0.1) is 17.1 Å². The van der Waals surface area contributed by atoms with Crippen LogP contribution in [-0.2, 0) is 10.0 Å². The predicted octanol–water partition coefficient (Wildman–Crippen LogP) is 2.87. The van der Waals surface area contributed by atoms with Crippen molar-refractivity contribution in [2.75, 3.05) is 31.1 Å². The standard InChI is InChI=1S/C20H22F2N4O3S/c1-13(2)30(28,29)25-9-7-24(8-10-25)15-3-5-16(6-4-15)26-19-14(12-23-26)11-17(21)20(27)18(19)22/h3-6,11-13,27H,7-10H2,1-2H3. The number of piperazine rings is 1. The van der Waals surface area contributed by atoms with Gasteiger partial charge in [-0.2, -0.15) is 9.40 Å². The van der Waals surface area contributed by atoms with E-state index in [1.54, 1.807) is 26.0 Å². The third kappa shape index (κ3) is 3.39. The molecule has 0 amide bonds. The lowest BCUT2D eigenvalue weighted by Crippen LogP contribution is -2.50. The largest absolute Gasteiger partial charge is 0.503 e. The van der Waals surface area contributed by atoms with E-state index in [0.29, 0.717) is 31.9 Å². The van der Waals surface area contributed by atoms with Gasteiger partial charge in [-0.25, -0.2) is 21.9 Å². The summed E-state index contributed by atoms with van der Waals surface area (Å²) in [7, 11) is -3.26. The molecule has 0 atom stereocenters. The van der Waals surface area contributed by atoms with E-state index in [4.69, 9.17) is 0 Å². The first kappa shape index (κ1) is 20.5. The first-order valence-electron chi connectivity index (χ1n) is 9.59. The van der Waals surface area contributed by atoms with Gasteiger partial charge in [0.15, 0.2) is 17.4 Å². The number of aromatic hydroxyl groups is 1. The van der Waals surface area contributed by atoms with E-state index < -0.39 is 32.7 Å². The predicted molar refractivity (Wildman–Crippen MR) is 110 cm³/mol. The number of hydrogen-bond donors (Lipinski definition) is 1. The number of hydrogen-bond acceptors (Lipinski definition) is 5. The molecule has 2 aromatic carbocycles. The highest BCUT2D eigenvalue weighted by Gasteiger charge is 2.29. The molecule has 1 saturated heterocycles. The zero-order valence-electron chi connectivity index (χ0n) is 16.6. The van der Waals surface area contributed by atoms with Crippen LogP contribution in [0.25, 0.3) is 16.6 Å². The number of rotatable bonds is 4. The lowest BCUT2D eigenvalue weighted by Gasteiger charge is -2.36. The van der Waals surface area contributed by atoms with Gasteiger partial charge in [-0.1, -0.05) is 0 Å². The molecule has 1 aromatic heterocycles. The summed E-state index contributed by atoms with van der Waals surface area (Å²) in [5.41, 5.74) is 1.46. The van der Waals surface area contributed by atoms with Crippen LogP contribution >= 0.6 is 0 Å². The smallest absolute Gasteiger partial charge is 0.216 e. The third-order valence-electron chi connectivity index (χ3n) is 5.38. The van der Waals surface area contributed by atoms with Crippen LogP contribution in [0.15, 0.2) is 36.5 Å². The molecule has 0 unspecified atom stereocenters. The van der Waals surface area contributed by atoms with Crippen LogP contribution in [0.1, 0.15) is 13.8 Å². The Bertz CT molecular complexity index is 1180. The van der Waals surface area contributed by atoms with Crippen molar-refractivity contribution >= 4 is 26.6 Å². The van der Waals surface area contributed by atoms with Crippen LogP contribution in [0.5, 0.6) is 5.75 Å². The van der Waals surface area contributed by atoms with E-state index >= 15 is 0 Å². The number of nitrogens with zero attached hydrogens (tertiary/aromatic N) is 4. The minimum atomic E-state index is -3.26. The molecule has 1 fully saturated rings. The summed E-state index contributed by atoms with van der Waals surface area (Å²) >= 11 is 0. The van der Waals surface area contributed by atoms with Crippen molar-refractivity contribution in [3.8, 4) is 11.4 Å². The van der Waals surface area contributed by atoms with Crippen molar-refractivity contribution in [2.24, 2.45) is 0 Å². The fraction of sp³-hybridized carbons (Fsp3) is 0.350. The summed E-state index contributed by atoms with van der Waals surface area (Å²) in [5.74, 6) is -3.13. The molecule has 30 heavy (non-hydrogen) atoms. The Morgan fingerprint density at radius 1 is 1.03 bits per heavy atom. The second-order valence-electron chi connectivity index (χ2n) is 7.51. The molecule has 0 aliphatic carbocycles. The number of phenolic OH excluding ortho intramolecular Hbond substituents is 1. The molecule has 10 heteroatoms. The quantitative estimate of drug-likeness (QED) is 0.681. The molecule has 1 aliphatic heterocycles. The summed E-state index contributed by atoms with van der Waals surface area (Å²) in [4.78, 5) is 2.08. The van der Waals surface area contributed by atoms with Gasteiger partial charge < -0.3 is 10.0 Å². The van der Waals surface area contributed by atoms with E-state index in [1.807, 2.05) is 12.1 Å². The zero-order valence-corrected chi connectivity index (χ0v) is 17.4. The highest BCUT2D eigenvalue weighted by molar-refractivity contribution is 7.89. The molecule has 3 aromatic rings. The highest BCUT2D eigenvalue weighted by atomic mass is 32.2. The van der Waals surface area contributed by atoms with Crippen molar-refractivity contribution in [3.63, 3.8) is 0 Å². The van der Waals surface area contributed by atoms with Crippen molar-refractivity contribution in [1.82, 2.24) is 14.1 Å². The van der Waals surface area contributed by atoms with Crippen LogP contribution in [0, 0.1) is 11.6 Å². The minimum absolute atomic E-state index is 0.00541. The molecule has 2 heterocycles. The lowest BCUT2D eigenvalue weighted by atomic mass is 10.2. The molecular weight excluding hydrogens is 414 g/mol. The lowest BCUT2D eigenvalue weighted by molar-refractivity contribution is 0.381. The summed E-state index contributed by atoms with van der Waals surface area (Å²) in [6.45, 7) is 5.33. The van der Waals surface area contributed by atoms with E-state index in [1.165, 1.54) is 15.2 Å². The summed E-state index contributed by atoms with van der Waals surface area (Å²) in [5, 5.41) is 13.5. The van der Waals surface area contributed by atoms with Gasteiger partial charge in [0.25, 0.3) is 0 Å². The summed E-state index contributed by atoms with van der Waals surface area (Å²) < 4.78 is 55.4. The van der Waals surface area contributed by atoms with Gasteiger partial charge in [-0.15, -0.1) is 0 Å². The molecule has 1 aliphatic rings. The topological polar surface area (TPSA) is 78.7 Å². The molecule has 1 N–H and O–H groups in total. The molecule has 4 rings (SSSR count). The number of sulfonamides is 1. The summed E-state index contributed by atoms with van der Waals surface area (Å²) in [6.07, 6.45) is 1.34. The van der Waals surface area contributed by atoms with E-state index in [0.717, 1.165) is 11.8 Å². The van der Waals surface area contributed by atoms with Crippen molar-refractivity contribution in [1.29, 1.82) is 0 Å². The first-order valence-corrected chi connectivity index (χ1v) is 11.1. The van der Waals surface area contributed by atoms with Gasteiger partial charge in [0.2, 0.25) is 10.0 Å². The number of halogens is 2. The number of fused-ring (bicyclic) bond motifs is 1. The number of phenols is 1. The number of aromatic nitrogens is 2. The molecule has 160 valence electrons. The molecular formula is C20H22F2N4O3S. The number of benzene rings is 2.